The Balaban J connectivity index is 1.97. The predicted octanol–water partition coefficient (Wildman–Crippen LogP) is 2.49. The highest BCUT2D eigenvalue weighted by Crippen LogP contribution is 2.25. The molecule has 0 N–H and O–H groups in total. The van der Waals surface area contributed by atoms with Crippen LogP contribution < -0.4 is 9.84 Å². The number of thiophene rings is 1. The number of carboxylic acid groups (broad SMARTS) is 1. The maximum atomic E-state index is 11.1. The lowest BCUT2D eigenvalue weighted by molar-refractivity contribution is -0.304. The van der Waals surface area contributed by atoms with Crippen molar-refractivity contribution in [1.82, 2.24) is 10.1 Å². The van der Waals surface area contributed by atoms with Gasteiger partial charge >= 0.3 is 0 Å². The lowest BCUT2D eigenvalue weighted by Gasteiger charge is -2.05. The minimum Gasteiger partial charge on any atom is -0.550 e. The number of hydrogen-bond acceptors (Lipinski definition) is 7. The van der Waals surface area contributed by atoms with E-state index in [1.807, 2.05) is 29.0 Å². The van der Waals surface area contributed by atoms with Crippen molar-refractivity contribution in [3.63, 3.8) is 0 Å². The molecule has 0 aliphatic rings. The van der Waals surface area contributed by atoms with Gasteiger partial charge in [-0.25, -0.2) is 0 Å². The summed E-state index contributed by atoms with van der Waals surface area (Å²) >= 11 is 1.52. The van der Waals surface area contributed by atoms with Gasteiger partial charge in [0.1, 0.15) is 5.75 Å². The van der Waals surface area contributed by atoms with Crippen molar-refractivity contribution >= 4 is 29.0 Å². The molecule has 0 atom stereocenters. The van der Waals surface area contributed by atoms with Crippen LogP contribution in [0.15, 0.2) is 45.6 Å². The Hall–Kier alpha value is -2.93. The lowest BCUT2D eigenvalue weighted by atomic mass is 10.1. The summed E-state index contributed by atoms with van der Waals surface area (Å²) in [6, 6.07) is 9.09. The maximum Gasteiger partial charge on any atom is 0.254 e. The molecule has 6 nitrogen and oxygen atoms in total. The van der Waals surface area contributed by atoms with Crippen LogP contribution >= 0.6 is 11.3 Å². The largest absolute Gasteiger partial charge is 0.550 e. The summed E-state index contributed by atoms with van der Waals surface area (Å²) in [7, 11) is 1.57. The second kappa shape index (κ2) is 7.10. The Morgan fingerprint density at radius 1 is 1.42 bits per heavy atom. The van der Waals surface area contributed by atoms with Crippen LogP contribution in [0.5, 0.6) is 5.75 Å². The van der Waals surface area contributed by atoms with Crippen LogP contribution in [0, 0.1) is 0 Å². The molecule has 2 aromatic heterocycles. The van der Waals surface area contributed by atoms with Crippen LogP contribution in [0.2, 0.25) is 0 Å². The van der Waals surface area contributed by atoms with E-state index < -0.39 is 5.97 Å². The molecule has 3 rings (SSSR count). The van der Waals surface area contributed by atoms with E-state index in [1.165, 1.54) is 11.3 Å². The van der Waals surface area contributed by atoms with Crippen molar-refractivity contribution in [2.45, 2.75) is 6.42 Å². The van der Waals surface area contributed by atoms with Crippen LogP contribution in [0.3, 0.4) is 0 Å². The van der Waals surface area contributed by atoms with Gasteiger partial charge in [0.2, 0.25) is 5.82 Å². The maximum absolute atomic E-state index is 11.1. The van der Waals surface area contributed by atoms with Gasteiger partial charge in [-0.05, 0) is 35.2 Å². The molecular formula is C17H13N2O4S-. The Kier molecular flexibility index (Phi) is 4.72. The van der Waals surface area contributed by atoms with Gasteiger partial charge in [-0.3, -0.25) is 0 Å². The van der Waals surface area contributed by atoms with Gasteiger partial charge in [-0.1, -0.05) is 17.3 Å². The first-order valence-electron chi connectivity index (χ1n) is 7.07. The average Bonchev–Trinajstić information content (AvgIpc) is 3.25. The fourth-order valence-corrected chi connectivity index (χ4v) is 2.77. The molecule has 3 aromatic rings. The second-order valence-electron chi connectivity index (χ2n) is 4.93. The van der Waals surface area contributed by atoms with Gasteiger partial charge in [0.15, 0.2) is 0 Å². The molecule has 0 saturated carbocycles. The van der Waals surface area contributed by atoms with Crippen LogP contribution in [0.25, 0.3) is 23.0 Å². The molecule has 0 spiro atoms. The van der Waals surface area contributed by atoms with E-state index >= 15 is 0 Å². The molecule has 0 aliphatic carbocycles. The summed E-state index contributed by atoms with van der Waals surface area (Å²) in [4.78, 5) is 15.4. The molecule has 0 radical (unpaired) electrons. The SMILES string of the molecule is COc1cccc(/C=C(\CC(=O)[O-])c2nc(-c3ccsc3)no2)c1. The Morgan fingerprint density at radius 2 is 2.29 bits per heavy atom. The van der Waals surface area contributed by atoms with Crippen LogP contribution in [0.4, 0.5) is 0 Å². The number of aliphatic carboxylic acids is 1. The highest BCUT2D eigenvalue weighted by Gasteiger charge is 2.14. The zero-order valence-electron chi connectivity index (χ0n) is 12.8. The van der Waals surface area contributed by atoms with Crippen molar-refractivity contribution in [1.29, 1.82) is 0 Å². The van der Waals surface area contributed by atoms with Gasteiger partial charge in [0.05, 0.1) is 7.11 Å². The van der Waals surface area contributed by atoms with Crippen LogP contribution in [0.1, 0.15) is 17.9 Å². The fraction of sp³-hybridized carbons (Fsp3) is 0.118. The summed E-state index contributed by atoms with van der Waals surface area (Å²) in [5.74, 6) is 0.0184. The topological polar surface area (TPSA) is 88.3 Å². The van der Waals surface area contributed by atoms with E-state index in [4.69, 9.17) is 9.26 Å². The number of carbonyl (C=O) groups is 1. The summed E-state index contributed by atoms with van der Waals surface area (Å²) in [5, 5.41) is 18.8. The number of benzene rings is 1. The Labute approximate surface area is 142 Å². The van der Waals surface area contributed by atoms with E-state index in [9.17, 15) is 9.90 Å². The summed E-state index contributed by atoms with van der Waals surface area (Å²) in [6.07, 6.45) is 1.34. The van der Waals surface area contributed by atoms with E-state index in [-0.39, 0.29) is 12.3 Å². The third kappa shape index (κ3) is 3.69. The van der Waals surface area contributed by atoms with E-state index in [0.717, 1.165) is 11.1 Å². The smallest absolute Gasteiger partial charge is 0.254 e. The first-order chi connectivity index (χ1) is 11.7. The van der Waals surface area contributed by atoms with E-state index in [1.54, 1.807) is 25.3 Å². The molecule has 0 bridgehead atoms. The quantitative estimate of drug-likeness (QED) is 0.684. The van der Waals surface area contributed by atoms with Crippen molar-refractivity contribution < 1.29 is 19.2 Å². The average molecular weight is 341 g/mol. The molecule has 2 heterocycles. The monoisotopic (exact) mass is 341 g/mol. The number of rotatable bonds is 6. The number of nitrogens with zero attached hydrogens (tertiary/aromatic N) is 2. The van der Waals surface area contributed by atoms with Crippen molar-refractivity contribution in [2.75, 3.05) is 7.11 Å². The highest BCUT2D eigenvalue weighted by atomic mass is 32.1. The van der Waals surface area contributed by atoms with Crippen molar-refractivity contribution in [3.8, 4) is 17.1 Å². The Bertz CT molecular complexity index is 868. The second-order valence-corrected chi connectivity index (χ2v) is 5.71. The number of carbonyl (C=O) groups excluding carboxylic acids is 1. The minimum absolute atomic E-state index is 0.156. The molecule has 7 heteroatoms. The molecule has 122 valence electrons. The zero-order valence-corrected chi connectivity index (χ0v) is 13.6. The van der Waals surface area contributed by atoms with Gasteiger partial charge < -0.3 is 19.2 Å². The van der Waals surface area contributed by atoms with Gasteiger partial charge in [0, 0.05) is 28.9 Å². The third-order valence-electron chi connectivity index (χ3n) is 3.25. The molecule has 0 amide bonds. The molecule has 0 saturated heterocycles. The number of methoxy groups -OCH3 is 1. The summed E-state index contributed by atoms with van der Waals surface area (Å²) in [5.41, 5.74) is 1.96. The molecule has 0 aliphatic heterocycles. The fourth-order valence-electron chi connectivity index (χ4n) is 2.14. The van der Waals surface area contributed by atoms with E-state index in [0.29, 0.717) is 17.1 Å². The predicted molar refractivity (Wildman–Crippen MR) is 88.1 cm³/mol. The minimum atomic E-state index is -1.22. The first-order valence-corrected chi connectivity index (χ1v) is 8.01. The molecule has 1 aromatic carbocycles. The number of aromatic nitrogens is 2. The molecule has 24 heavy (non-hydrogen) atoms. The standard InChI is InChI=1S/C17H14N2O4S/c1-22-14-4-2-3-11(8-14)7-13(9-15(20)21)17-18-16(19-23-17)12-5-6-24-10-12/h2-8,10H,9H2,1H3,(H,20,21)/p-1/b13-7+. The number of hydrogen-bond donors (Lipinski definition) is 0. The third-order valence-corrected chi connectivity index (χ3v) is 3.93. The first kappa shape index (κ1) is 15.9. The summed E-state index contributed by atoms with van der Waals surface area (Å²) in [6.45, 7) is 0. The molecule has 0 unspecified atom stereocenters. The van der Waals surface area contributed by atoms with E-state index in [2.05, 4.69) is 10.1 Å². The van der Waals surface area contributed by atoms with Gasteiger partial charge in [-0.2, -0.15) is 16.3 Å². The van der Waals surface area contributed by atoms with Gasteiger partial charge in [0.25, 0.3) is 5.89 Å². The van der Waals surface area contributed by atoms with Crippen LogP contribution in [-0.4, -0.2) is 23.2 Å². The van der Waals surface area contributed by atoms with Gasteiger partial charge in [-0.15, -0.1) is 0 Å². The highest BCUT2D eigenvalue weighted by molar-refractivity contribution is 7.08. The van der Waals surface area contributed by atoms with Crippen LogP contribution in [-0.2, 0) is 4.79 Å². The van der Waals surface area contributed by atoms with Crippen molar-refractivity contribution in [2.24, 2.45) is 0 Å². The number of ether oxygens (including phenoxy) is 1. The lowest BCUT2D eigenvalue weighted by Crippen LogP contribution is -2.22. The Morgan fingerprint density at radius 3 is 3.00 bits per heavy atom. The molecular weight excluding hydrogens is 328 g/mol. The normalized spacial score (nSPS) is 11.5. The van der Waals surface area contributed by atoms with Crippen molar-refractivity contribution in [3.05, 3.63) is 52.5 Å². The molecule has 0 fully saturated rings. The zero-order chi connectivity index (χ0) is 16.9. The summed E-state index contributed by atoms with van der Waals surface area (Å²) < 4.78 is 10.4. The number of carboxylic acids is 1.